The molecule has 4 fully saturated rings. The van der Waals surface area contributed by atoms with E-state index in [1.165, 1.54) is 4.90 Å². The van der Waals surface area contributed by atoms with Crippen LogP contribution in [-0.4, -0.2) is 41.1 Å². The highest BCUT2D eigenvalue weighted by Gasteiger charge is 2.81. The van der Waals surface area contributed by atoms with E-state index >= 15 is 0 Å². The van der Waals surface area contributed by atoms with E-state index in [4.69, 9.17) is 14.2 Å². The number of aliphatic carboxylic acids is 1. The van der Waals surface area contributed by atoms with Gasteiger partial charge < -0.3 is 24.2 Å². The quantitative estimate of drug-likeness (QED) is 0.438. The maximum atomic E-state index is 14.1. The number of methoxy groups -OCH3 is 1. The van der Waals surface area contributed by atoms with Crippen molar-refractivity contribution in [2.24, 2.45) is 23.7 Å². The average molecular weight is 526 g/mol. The third kappa shape index (κ3) is 4.16. The lowest BCUT2D eigenvalue weighted by Gasteiger charge is -2.38. The van der Waals surface area contributed by atoms with E-state index in [0.29, 0.717) is 24.0 Å². The lowest BCUT2D eigenvalue weighted by atomic mass is 9.91. The van der Waals surface area contributed by atoms with Gasteiger partial charge in [-0.05, 0) is 52.8 Å². The van der Waals surface area contributed by atoms with Gasteiger partial charge in [-0.2, -0.15) is 0 Å². The zero-order valence-corrected chi connectivity index (χ0v) is 21.7. The first-order chi connectivity index (χ1) is 19.0. The maximum absolute atomic E-state index is 14.1. The number of rotatable bonds is 9. The number of carbonyl (C=O) groups excluding carboxylic acids is 1. The molecule has 7 heteroatoms. The predicted molar refractivity (Wildman–Crippen MR) is 142 cm³/mol. The molecular formula is C32H31NO6. The van der Waals surface area contributed by atoms with E-state index < -0.39 is 18.1 Å². The van der Waals surface area contributed by atoms with Crippen LogP contribution < -0.4 is 9.47 Å². The highest BCUT2D eigenvalue weighted by Crippen LogP contribution is 2.82. The molecule has 200 valence electrons. The van der Waals surface area contributed by atoms with E-state index in [-0.39, 0.29) is 25.0 Å². The van der Waals surface area contributed by atoms with Crippen LogP contribution in [0.1, 0.15) is 34.8 Å². The van der Waals surface area contributed by atoms with Gasteiger partial charge in [-0.3, -0.25) is 4.79 Å². The van der Waals surface area contributed by atoms with E-state index in [1.807, 2.05) is 72.8 Å². The number of ether oxygens (including phenoxy) is 3. The second kappa shape index (κ2) is 9.42. The van der Waals surface area contributed by atoms with Crippen LogP contribution in [0, 0.1) is 23.7 Å². The van der Waals surface area contributed by atoms with E-state index in [9.17, 15) is 14.7 Å². The number of carboxylic acid groups (broad SMARTS) is 1. The van der Waals surface area contributed by atoms with Crippen LogP contribution in [0.25, 0.3) is 0 Å². The van der Waals surface area contributed by atoms with Crippen LogP contribution in [0.2, 0.25) is 0 Å². The topological polar surface area (TPSA) is 85.3 Å². The zero-order valence-electron chi connectivity index (χ0n) is 21.7. The van der Waals surface area contributed by atoms with Crippen molar-refractivity contribution >= 4 is 11.9 Å². The number of carboxylic acids is 1. The highest BCUT2D eigenvalue weighted by molar-refractivity contribution is 5.88. The first kappa shape index (κ1) is 24.2. The lowest BCUT2D eigenvalue weighted by Crippen LogP contribution is -2.51. The standard InChI is InChI=1S/C32H31NO6/c1-37-24-13-12-20-16-33(23(32(35)36)14-21(20)30(24)38-17-18-8-4-2-5-9-18)31(34)29(19-10-6-3-7-11-19)39-25-15-22-26-27(22)28(25)26/h2-13,22-23,25-29H,14-17H2,1H3,(H,35,36)/t22?,23-,25+,26-,27?,28?,29-/m0/s1. The van der Waals surface area contributed by atoms with Gasteiger partial charge in [0.05, 0.1) is 13.2 Å². The summed E-state index contributed by atoms with van der Waals surface area (Å²) in [6, 6.07) is 21.9. The van der Waals surface area contributed by atoms with Gasteiger partial charge in [0, 0.05) is 18.5 Å². The number of nitrogens with zero attached hydrogens (tertiary/aromatic N) is 1. The molecule has 1 heterocycles. The largest absolute Gasteiger partial charge is 0.493 e. The molecule has 5 aliphatic rings. The summed E-state index contributed by atoms with van der Waals surface area (Å²) in [5, 5.41) is 10.3. The summed E-state index contributed by atoms with van der Waals surface area (Å²) >= 11 is 0. The summed E-state index contributed by atoms with van der Waals surface area (Å²) in [7, 11) is 1.57. The Morgan fingerprint density at radius 3 is 2.33 bits per heavy atom. The molecule has 39 heavy (non-hydrogen) atoms. The predicted octanol–water partition coefficient (Wildman–Crippen LogP) is 4.63. The zero-order chi connectivity index (χ0) is 26.7. The average Bonchev–Trinajstić information content (AvgIpc) is 3.80. The van der Waals surface area contributed by atoms with Crippen LogP contribution >= 0.6 is 0 Å². The molecule has 2 bridgehead atoms. The van der Waals surface area contributed by atoms with Gasteiger partial charge in [-0.25, -0.2) is 4.79 Å². The summed E-state index contributed by atoms with van der Waals surface area (Å²) in [6.07, 6.45) is 0.369. The van der Waals surface area contributed by atoms with Crippen molar-refractivity contribution in [2.75, 3.05) is 7.11 Å². The van der Waals surface area contributed by atoms with Crippen LogP contribution in [0.15, 0.2) is 72.8 Å². The van der Waals surface area contributed by atoms with Gasteiger partial charge in [0.15, 0.2) is 17.6 Å². The van der Waals surface area contributed by atoms with Gasteiger partial charge >= 0.3 is 5.97 Å². The van der Waals surface area contributed by atoms with Crippen LogP contribution in [-0.2, 0) is 33.9 Å². The van der Waals surface area contributed by atoms with Gasteiger partial charge in [0.2, 0.25) is 0 Å². The van der Waals surface area contributed by atoms with Crippen LogP contribution in [0.4, 0.5) is 0 Å². The number of benzene rings is 3. The van der Waals surface area contributed by atoms with Gasteiger partial charge in [0.25, 0.3) is 5.91 Å². The van der Waals surface area contributed by atoms with Crippen LogP contribution in [0.5, 0.6) is 11.5 Å². The van der Waals surface area contributed by atoms with Crippen LogP contribution in [0.3, 0.4) is 0 Å². The van der Waals surface area contributed by atoms with Gasteiger partial charge in [0.1, 0.15) is 12.6 Å². The molecule has 1 N–H and O–H groups in total. The van der Waals surface area contributed by atoms with Crippen molar-refractivity contribution in [2.45, 2.75) is 44.2 Å². The fourth-order valence-corrected chi connectivity index (χ4v) is 6.97. The smallest absolute Gasteiger partial charge is 0.326 e. The Morgan fingerprint density at radius 1 is 0.974 bits per heavy atom. The lowest BCUT2D eigenvalue weighted by molar-refractivity contribution is -0.160. The summed E-state index contributed by atoms with van der Waals surface area (Å²) < 4.78 is 18.3. The van der Waals surface area contributed by atoms with Crippen molar-refractivity contribution < 1.29 is 28.9 Å². The minimum Gasteiger partial charge on any atom is -0.493 e. The second-order valence-electron chi connectivity index (χ2n) is 11.1. The molecule has 1 amide bonds. The normalized spacial score (nSPS) is 28.2. The number of fused-ring (bicyclic) bond motifs is 2. The molecule has 7 atom stereocenters. The first-order valence-electron chi connectivity index (χ1n) is 13.6. The molecule has 3 unspecified atom stereocenters. The van der Waals surface area contributed by atoms with Crippen molar-refractivity contribution in [1.82, 2.24) is 4.90 Å². The molecule has 8 rings (SSSR count). The molecular weight excluding hydrogens is 494 g/mol. The number of carbonyl (C=O) groups is 2. The molecule has 1 aliphatic heterocycles. The first-order valence-corrected chi connectivity index (χ1v) is 13.6. The molecule has 3 aromatic carbocycles. The molecule has 0 radical (unpaired) electrons. The molecule has 4 saturated carbocycles. The third-order valence-electron chi connectivity index (χ3n) is 9.06. The number of hydrogen-bond donors (Lipinski definition) is 1. The minimum atomic E-state index is -1.05. The summed E-state index contributed by atoms with van der Waals surface area (Å²) in [5.41, 5.74) is 3.37. The van der Waals surface area contributed by atoms with E-state index in [1.54, 1.807) is 7.11 Å². The van der Waals surface area contributed by atoms with Gasteiger partial charge in [-0.1, -0.05) is 66.7 Å². The Hall–Kier alpha value is -3.84. The Kier molecular flexibility index (Phi) is 5.85. The van der Waals surface area contributed by atoms with Crippen molar-refractivity contribution in [1.29, 1.82) is 0 Å². The Balaban J connectivity index is 1.19. The molecule has 0 spiro atoms. The summed E-state index contributed by atoms with van der Waals surface area (Å²) in [4.78, 5) is 28.2. The van der Waals surface area contributed by atoms with Crippen molar-refractivity contribution in [3.8, 4) is 11.5 Å². The monoisotopic (exact) mass is 525 g/mol. The summed E-state index contributed by atoms with van der Waals surface area (Å²) in [6.45, 7) is 0.481. The molecule has 7 nitrogen and oxygen atoms in total. The summed E-state index contributed by atoms with van der Waals surface area (Å²) in [5.74, 6) is 2.64. The molecule has 0 aromatic heterocycles. The number of hydrogen-bond acceptors (Lipinski definition) is 5. The van der Waals surface area contributed by atoms with E-state index in [0.717, 1.165) is 46.4 Å². The van der Waals surface area contributed by atoms with Crippen molar-refractivity contribution in [3.63, 3.8) is 0 Å². The fraction of sp³-hybridized carbons (Fsp3) is 0.375. The fourth-order valence-electron chi connectivity index (χ4n) is 6.97. The Morgan fingerprint density at radius 2 is 1.69 bits per heavy atom. The van der Waals surface area contributed by atoms with E-state index in [2.05, 4.69) is 0 Å². The number of amides is 1. The SMILES string of the molecule is COc1ccc2c(c1OCc1ccccc1)C[C@@H](C(=O)O)N(C(=O)[C@@H](O[C@@H]1CC3C4C1[C@@H]34)c1ccccc1)C2. The molecule has 3 aromatic rings. The second-order valence-corrected chi connectivity index (χ2v) is 11.1. The molecule has 0 saturated heterocycles. The maximum Gasteiger partial charge on any atom is 0.326 e. The van der Waals surface area contributed by atoms with Crippen molar-refractivity contribution in [3.05, 3.63) is 95.1 Å². The minimum absolute atomic E-state index is 0.0711. The molecule has 4 aliphatic carbocycles. The Bertz CT molecular complexity index is 1390. The third-order valence-corrected chi connectivity index (χ3v) is 9.06. The highest BCUT2D eigenvalue weighted by atomic mass is 16.5. The Labute approximate surface area is 227 Å². The van der Waals surface area contributed by atoms with Gasteiger partial charge in [-0.15, -0.1) is 0 Å².